The molecule has 0 unspecified atom stereocenters. The number of aromatic carboxylic acids is 1. The molecule has 0 radical (unpaired) electrons. The first-order chi connectivity index (χ1) is 14.7. The molecule has 9 heteroatoms. The third-order valence-electron chi connectivity index (χ3n) is 6.50. The fourth-order valence-electron chi connectivity index (χ4n) is 4.72. The molecule has 0 amide bonds. The van der Waals surface area contributed by atoms with Gasteiger partial charge in [0.05, 0.1) is 5.56 Å². The highest BCUT2D eigenvalue weighted by molar-refractivity contribution is 6.34. The van der Waals surface area contributed by atoms with Gasteiger partial charge in [0.2, 0.25) is 0 Å². The topological polar surface area (TPSA) is 43.8 Å². The molecule has 4 nitrogen and oxygen atoms in total. The minimum atomic E-state index is -1.21. The second kappa shape index (κ2) is 11.6. The van der Waals surface area contributed by atoms with Gasteiger partial charge in [-0.3, -0.25) is 9.80 Å². The van der Waals surface area contributed by atoms with Crippen molar-refractivity contribution in [1.82, 2.24) is 9.80 Å². The lowest BCUT2D eigenvalue weighted by atomic mass is 9.98. The molecule has 0 spiro atoms. The van der Waals surface area contributed by atoms with Gasteiger partial charge in [0.25, 0.3) is 0 Å². The van der Waals surface area contributed by atoms with Crippen LogP contribution in [-0.4, -0.2) is 46.6 Å². The summed E-state index contributed by atoms with van der Waals surface area (Å²) in [7, 11) is 0. The van der Waals surface area contributed by atoms with Crippen LogP contribution in [0.3, 0.4) is 0 Å². The van der Waals surface area contributed by atoms with Crippen molar-refractivity contribution in [2.75, 3.05) is 19.6 Å². The van der Waals surface area contributed by atoms with E-state index >= 15 is 0 Å². The van der Waals surface area contributed by atoms with Crippen molar-refractivity contribution in [2.24, 2.45) is 0 Å². The molecule has 1 saturated heterocycles. The Balaban J connectivity index is 0.00000193. The summed E-state index contributed by atoms with van der Waals surface area (Å²) in [5, 5.41) is 10.6. The number of halogens is 5. The average molecular weight is 538 g/mol. The first-order valence-electron chi connectivity index (χ1n) is 10.7. The first kappa shape index (κ1) is 28.2. The zero-order valence-electron chi connectivity index (χ0n) is 18.6. The van der Waals surface area contributed by atoms with Crippen LogP contribution in [0, 0.1) is 5.82 Å². The zero-order valence-corrected chi connectivity index (χ0v) is 21.7. The van der Waals surface area contributed by atoms with Gasteiger partial charge in [-0.15, -0.1) is 24.8 Å². The van der Waals surface area contributed by atoms with Crippen LogP contribution in [0.1, 0.15) is 65.7 Å². The number of carbonyl (C=O) groups is 1. The van der Waals surface area contributed by atoms with E-state index in [4.69, 9.17) is 23.2 Å². The second-order valence-corrected chi connectivity index (χ2v) is 9.68. The molecule has 2 aromatic rings. The maximum absolute atomic E-state index is 14.4. The summed E-state index contributed by atoms with van der Waals surface area (Å²) in [5.41, 5.74) is 2.79. The zero-order chi connectivity index (χ0) is 22.3. The Bertz CT molecular complexity index is 982. The summed E-state index contributed by atoms with van der Waals surface area (Å²) < 4.78 is 14.4. The van der Waals surface area contributed by atoms with E-state index in [1.807, 2.05) is 12.1 Å². The Labute approximate surface area is 216 Å². The van der Waals surface area contributed by atoms with Crippen molar-refractivity contribution in [1.29, 1.82) is 0 Å². The number of carboxylic acid groups (broad SMARTS) is 1. The van der Waals surface area contributed by atoms with Gasteiger partial charge in [-0.1, -0.05) is 23.2 Å². The molecule has 1 aliphatic carbocycles. The van der Waals surface area contributed by atoms with Gasteiger partial charge in [0.15, 0.2) is 0 Å². The van der Waals surface area contributed by atoms with E-state index in [1.54, 1.807) is 12.1 Å². The lowest BCUT2D eigenvalue weighted by molar-refractivity contribution is 0.0503. The van der Waals surface area contributed by atoms with Gasteiger partial charge < -0.3 is 5.11 Å². The first-order valence-corrected chi connectivity index (χ1v) is 11.5. The SMILES string of the molecule is C[C@H]1CN(Cc2cc(F)c(C(=O)O)cc2C2CC2)CCN1[C@@H](C)c1cc(Cl)cc(Cl)c1.Cl.Cl. The Hall–Kier alpha value is -1.08. The van der Waals surface area contributed by atoms with Crippen LogP contribution in [-0.2, 0) is 6.54 Å². The van der Waals surface area contributed by atoms with E-state index < -0.39 is 11.8 Å². The van der Waals surface area contributed by atoms with Crippen molar-refractivity contribution >= 4 is 54.0 Å². The predicted molar refractivity (Wildman–Crippen MR) is 136 cm³/mol. The van der Waals surface area contributed by atoms with E-state index in [2.05, 4.69) is 23.6 Å². The van der Waals surface area contributed by atoms with Crippen LogP contribution in [0.25, 0.3) is 0 Å². The fourth-order valence-corrected chi connectivity index (χ4v) is 5.26. The lowest BCUT2D eigenvalue weighted by Crippen LogP contribution is -2.52. The minimum absolute atomic E-state index is 0. The molecule has 182 valence electrons. The van der Waals surface area contributed by atoms with Crippen LogP contribution in [0.2, 0.25) is 10.0 Å². The summed E-state index contributed by atoms with van der Waals surface area (Å²) in [6.45, 7) is 7.59. The van der Waals surface area contributed by atoms with Gasteiger partial charge in [-0.2, -0.15) is 0 Å². The quantitative estimate of drug-likeness (QED) is 0.439. The van der Waals surface area contributed by atoms with Crippen molar-refractivity contribution in [2.45, 2.75) is 51.2 Å². The van der Waals surface area contributed by atoms with E-state index in [0.29, 0.717) is 28.5 Å². The predicted octanol–water partition coefficient (Wildman–Crippen LogP) is 6.82. The summed E-state index contributed by atoms with van der Waals surface area (Å²) in [4.78, 5) is 16.1. The van der Waals surface area contributed by atoms with Crippen molar-refractivity contribution in [3.05, 3.63) is 68.4 Å². The summed E-state index contributed by atoms with van der Waals surface area (Å²) in [6.07, 6.45) is 2.09. The molecule has 2 fully saturated rings. The number of benzene rings is 2. The molecule has 0 bridgehead atoms. The molecular weight excluding hydrogens is 509 g/mol. The molecule has 2 atom stereocenters. The normalized spacial score (nSPS) is 20.0. The minimum Gasteiger partial charge on any atom is -0.478 e. The van der Waals surface area contributed by atoms with Gasteiger partial charge in [-0.05, 0) is 79.6 Å². The van der Waals surface area contributed by atoms with Crippen LogP contribution in [0.5, 0.6) is 0 Å². The lowest BCUT2D eigenvalue weighted by Gasteiger charge is -2.43. The van der Waals surface area contributed by atoms with E-state index in [-0.39, 0.29) is 36.4 Å². The monoisotopic (exact) mass is 536 g/mol. The maximum atomic E-state index is 14.4. The fraction of sp³-hybridized carbons (Fsp3) is 0.458. The molecule has 33 heavy (non-hydrogen) atoms. The van der Waals surface area contributed by atoms with Crippen molar-refractivity contribution in [3.63, 3.8) is 0 Å². The smallest absolute Gasteiger partial charge is 0.338 e. The van der Waals surface area contributed by atoms with Crippen LogP contribution in [0.4, 0.5) is 4.39 Å². The number of hydrogen-bond donors (Lipinski definition) is 1. The molecule has 2 aromatic carbocycles. The number of rotatable bonds is 6. The Morgan fingerprint density at radius 2 is 1.76 bits per heavy atom. The van der Waals surface area contributed by atoms with Crippen molar-refractivity contribution < 1.29 is 14.3 Å². The van der Waals surface area contributed by atoms with Crippen molar-refractivity contribution in [3.8, 4) is 0 Å². The standard InChI is InChI=1S/C24H27Cl2FN2O2.2ClH/c1-14-12-28(5-6-29(14)15(2)17-7-19(25)10-20(26)8-17)13-18-9-23(27)22(24(30)31)11-21(18)16-3-4-16;;/h7-11,14-16H,3-6,12-13H2,1-2H3,(H,30,31);2*1H/t14-,15-;;/m0../s1. The summed E-state index contributed by atoms with van der Waals surface area (Å²) >= 11 is 12.4. The third kappa shape index (κ3) is 6.53. The highest BCUT2D eigenvalue weighted by Gasteiger charge is 2.31. The Morgan fingerprint density at radius 1 is 1.12 bits per heavy atom. The number of hydrogen-bond acceptors (Lipinski definition) is 3. The van der Waals surface area contributed by atoms with Crippen LogP contribution >= 0.6 is 48.0 Å². The van der Waals surface area contributed by atoms with E-state index in [1.165, 1.54) is 6.07 Å². The van der Waals surface area contributed by atoms with E-state index in [9.17, 15) is 14.3 Å². The average Bonchev–Trinajstić information content (AvgIpc) is 3.52. The van der Waals surface area contributed by atoms with Gasteiger partial charge in [0.1, 0.15) is 5.82 Å². The molecular formula is C24H29Cl4FN2O2. The molecule has 1 N–H and O–H groups in total. The maximum Gasteiger partial charge on any atom is 0.338 e. The molecule has 1 aliphatic heterocycles. The second-order valence-electron chi connectivity index (χ2n) is 8.81. The number of nitrogens with zero attached hydrogens (tertiary/aromatic N) is 2. The molecule has 1 heterocycles. The van der Waals surface area contributed by atoms with Crippen LogP contribution < -0.4 is 0 Å². The summed E-state index contributed by atoms with van der Waals surface area (Å²) in [6, 6.07) is 9.14. The van der Waals surface area contributed by atoms with Gasteiger partial charge >= 0.3 is 5.97 Å². The van der Waals surface area contributed by atoms with E-state index in [0.717, 1.165) is 49.2 Å². The molecule has 2 aliphatic rings. The largest absolute Gasteiger partial charge is 0.478 e. The Kier molecular flexibility index (Phi) is 9.87. The van der Waals surface area contributed by atoms with Crippen LogP contribution in [0.15, 0.2) is 30.3 Å². The Morgan fingerprint density at radius 3 is 2.30 bits per heavy atom. The van der Waals surface area contributed by atoms with Gasteiger partial charge in [-0.25, -0.2) is 9.18 Å². The number of carboxylic acids is 1. The van der Waals surface area contributed by atoms with Gasteiger partial charge in [0, 0.05) is 48.3 Å². The molecule has 4 rings (SSSR count). The molecule has 1 saturated carbocycles. The third-order valence-corrected chi connectivity index (χ3v) is 6.93. The number of piperazine rings is 1. The highest BCUT2D eigenvalue weighted by Crippen LogP contribution is 2.43. The molecule has 0 aromatic heterocycles. The summed E-state index contributed by atoms with van der Waals surface area (Å²) in [5.74, 6) is -1.49. The highest BCUT2D eigenvalue weighted by atomic mass is 35.5.